The van der Waals surface area contributed by atoms with Crippen molar-refractivity contribution in [2.24, 2.45) is 23.7 Å². The van der Waals surface area contributed by atoms with Crippen molar-refractivity contribution in [3.05, 3.63) is 12.2 Å². The van der Waals surface area contributed by atoms with Crippen LogP contribution in [0, 0.1) is 23.7 Å². The Morgan fingerprint density at radius 1 is 1.00 bits per heavy atom. The van der Waals surface area contributed by atoms with Gasteiger partial charge < -0.3 is 10.2 Å². The monoisotopic (exact) mass is 167 g/mol. The van der Waals surface area contributed by atoms with E-state index in [2.05, 4.69) is 17.5 Å². The van der Waals surface area contributed by atoms with E-state index in [1.165, 1.54) is 0 Å². The van der Waals surface area contributed by atoms with Gasteiger partial charge in [0.2, 0.25) is 0 Å². The fourth-order valence-corrected chi connectivity index (χ4v) is 3.19. The van der Waals surface area contributed by atoms with Gasteiger partial charge in [-0.05, 0) is 18.3 Å². The van der Waals surface area contributed by atoms with Gasteiger partial charge in [-0.25, -0.2) is 0 Å². The van der Waals surface area contributed by atoms with Crippen LogP contribution in [0.3, 0.4) is 0 Å². The lowest BCUT2D eigenvalue weighted by molar-refractivity contribution is 0.0707. The predicted octanol–water partition coefficient (Wildman–Crippen LogP) is -0.335. The minimum Gasteiger partial charge on any atom is -0.378 e. The molecule has 2 aliphatic carbocycles. The lowest BCUT2D eigenvalue weighted by Crippen LogP contribution is -2.33. The maximum Gasteiger partial charge on any atom is 0.110 e. The largest absolute Gasteiger partial charge is 0.378 e. The lowest BCUT2D eigenvalue weighted by atomic mass is 9.84. The third kappa shape index (κ3) is 0.672. The molecule has 0 radical (unpaired) electrons. The number of allylic oxidation sites excluding steroid dienone is 2. The molecule has 1 saturated heterocycles. The minimum absolute atomic E-state index is 0.259. The highest BCUT2D eigenvalue weighted by atomic mass is 16.3. The van der Waals surface area contributed by atoms with Crippen LogP contribution in [0.2, 0.25) is 0 Å². The van der Waals surface area contributed by atoms with E-state index in [1.54, 1.807) is 0 Å². The lowest BCUT2D eigenvalue weighted by Gasteiger charge is -2.22. The molecular formula is C9H13NO2. The molecule has 6 atom stereocenters. The summed E-state index contributed by atoms with van der Waals surface area (Å²) in [5.41, 5.74) is 0. The van der Waals surface area contributed by atoms with E-state index < -0.39 is 12.5 Å². The Morgan fingerprint density at radius 2 is 1.50 bits per heavy atom. The van der Waals surface area contributed by atoms with Crippen LogP contribution in [0.15, 0.2) is 12.2 Å². The van der Waals surface area contributed by atoms with Crippen molar-refractivity contribution in [1.29, 1.82) is 0 Å². The standard InChI is InChI=1S/C9H13NO2/c11-8-6-4-1-2-5(3-4)7(6)9(12)10-8/h1-2,4-12H,3H2. The molecule has 66 valence electrons. The van der Waals surface area contributed by atoms with Gasteiger partial charge in [0.25, 0.3) is 0 Å². The summed E-state index contributed by atoms with van der Waals surface area (Å²) in [6.07, 6.45) is 4.52. The zero-order valence-corrected chi connectivity index (χ0v) is 6.72. The quantitative estimate of drug-likeness (QED) is 0.433. The molecule has 0 amide bonds. The molecule has 3 aliphatic rings. The van der Waals surface area contributed by atoms with E-state index in [0.29, 0.717) is 11.8 Å². The van der Waals surface area contributed by atoms with Gasteiger partial charge >= 0.3 is 0 Å². The summed E-state index contributed by atoms with van der Waals surface area (Å²) in [5, 5.41) is 22.0. The molecule has 3 nitrogen and oxygen atoms in total. The van der Waals surface area contributed by atoms with E-state index in [9.17, 15) is 10.2 Å². The van der Waals surface area contributed by atoms with E-state index in [1.807, 2.05) is 0 Å². The first-order chi connectivity index (χ1) is 5.77. The number of rotatable bonds is 0. The van der Waals surface area contributed by atoms with Gasteiger partial charge in [-0.1, -0.05) is 12.2 Å². The number of hydrogen-bond acceptors (Lipinski definition) is 3. The maximum absolute atomic E-state index is 9.59. The van der Waals surface area contributed by atoms with Crippen molar-refractivity contribution < 1.29 is 10.2 Å². The minimum atomic E-state index is -0.495. The van der Waals surface area contributed by atoms with Crippen molar-refractivity contribution in [3.63, 3.8) is 0 Å². The molecule has 1 aliphatic heterocycles. The van der Waals surface area contributed by atoms with Gasteiger partial charge in [0.05, 0.1) is 0 Å². The Morgan fingerprint density at radius 3 is 2.00 bits per heavy atom. The average Bonchev–Trinajstić information content (AvgIpc) is 2.64. The average molecular weight is 167 g/mol. The van der Waals surface area contributed by atoms with Crippen LogP contribution in [0.1, 0.15) is 6.42 Å². The maximum atomic E-state index is 9.59. The number of aliphatic hydroxyl groups is 2. The second-order valence-corrected chi connectivity index (χ2v) is 4.16. The smallest absolute Gasteiger partial charge is 0.110 e. The summed E-state index contributed by atoms with van der Waals surface area (Å²) in [6, 6.07) is 0. The normalized spacial score (nSPS) is 61.2. The summed E-state index contributed by atoms with van der Waals surface area (Å²) < 4.78 is 0. The van der Waals surface area contributed by atoms with Crippen LogP contribution in [-0.2, 0) is 0 Å². The Hall–Kier alpha value is -0.380. The number of fused-ring (bicyclic) bond motifs is 5. The van der Waals surface area contributed by atoms with E-state index >= 15 is 0 Å². The topological polar surface area (TPSA) is 52.5 Å². The van der Waals surface area contributed by atoms with Gasteiger partial charge in [-0.2, -0.15) is 0 Å². The van der Waals surface area contributed by atoms with Crippen LogP contribution in [-0.4, -0.2) is 22.7 Å². The van der Waals surface area contributed by atoms with Crippen LogP contribution in [0.5, 0.6) is 0 Å². The Bertz CT molecular complexity index is 219. The van der Waals surface area contributed by atoms with Gasteiger partial charge in [0.15, 0.2) is 0 Å². The van der Waals surface area contributed by atoms with Gasteiger partial charge in [-0.3, -0.25) is 5.32 Å². The SMILES string of the molecule is OC1NC(O)C2C3C=CC(C3)C12. The number of hydrogen-bond donors (Lipinski definition) is 3. The second kappa shape index (κ2) is 2.10. The van der Waals surface area contributed by atoms with E-state index in [4.69, 9.17) is 0 Å². The third-order valence-electron chi connectivity index (χ3n) is 3.65. The Kier molecular flexibility index (Phi) is 1.24. The highest BCUT2D eigenvalue weighted by molar-refractivity contribution is 5.17. The first-order valence-corrected chi connectivity index (χ1v) is 4.58. The molecule has 12 heavy (non-hydrogen) atoms. The fraction of sp³-hybridized carbons (Fsp3) is 0.778. The molecule has 0 spiro atoms. The van der Waals surface area contributed by atoms with Gasteiger partial charge in [-0.15, -0.1) is 0 Å². The molecule has 0 aromatic heterocycles. The summed E-state index contributed by atoms with van der Waals surface area (Å²) >= 11 is 0. The molecule has 3 N–H and O–H groups in total. The number of aliphatic hydroxyl groups excluding tert-OH is 2. The number of nitrogens with one attached hydrogen (secondary N) is 1. The van der Waals surface area contributed by atoms with Gasteiger partial charge in [0.1, 0.15) is 12.5 Å². The van der Waals surface area contributed by atoms with Crippen LogP contribution >= 0.6 is 0 Å². The molecular weight excluding hydrogens is 154 g/mol. The van der Waals surface area contributed by atoms with Crippen molar-refractivity contribution in [2.75, 3.05) is 0 Å². The first-order valence-electron chi connectivity index (χ1n) is 4.58. The zero-order chi connectivity index (χ0) is 8.29. The Labute approximate surface area is 71.1 Å². The molecule has 6 unspecified atom stereocenters. The van der Waals surface area contributed by atoms with Crippen molar-refractivity contribution in [1.82, 2.24) is 5.32 Å². The van der Waals surface area contributed by atoms with Crippen molar-refractivity contribution in [2.45, 2.75) is 18.9 Å². The van der Waals surface area contributed by atoms with Crippen molar-refractivity contribution in [3.8, 4) is 0 Å². The molecule has 3 rings (SSSR count). The summed E-state index contributed by atoms with van der Waals surface area (Å²) in [5.74, 6) is 1.52. The van der Waals surface area contributed by atoms with Crippen molar-refractivity contribution >= 4 is 0 Å². The highest BCUT2D eigenvalue weighted by Gasteiger charge is 2.54. The summed E-state index contributed by atoms with van der Waals surface area (Å²) in [4.78, 5) is 0. The third-order valence-corrected chi connectivity index (χ3v) is 3.65. The second-order valence-electron chi connectivity index (χ2n) is 4.16. The predicted molar refractivity (Wildman–Crippen MR) is 42.9 cm³/mol. The summed E-state index contributed by atoms with van der Waals surface area (Å²) in [6.45, 7) is 0. The molecule has 0 aromatic carbocycles. The van der Waals surface area contributed by atoms with E-state index in [0.717, 1.165) is 6.42 Å². The molecule has 1 saturated carbocycles. The molecule has 1 heterocycles. The van der Waals surface area contributed by atoms with Crippen LogP contribution in [0.25, 0.3) is 0 Å². The van der Waals surface area contributed by atoms with Crippen LogP contribution < -0.4 is 5.32 Å². The van der Waals surface area contributed by atoms with Gasteiger partial charge in [0, 0.05) is 11.8 Å². The highest BCUT2D eigenvalue weighted by Crippen LogP contribution is 2.52. The molecule has 3 heteroatoms. The zero-order valence-electron chi connectivity index (χ0n) is 6.72. The molecule has 0 aromatic rings. The Balaban J connectivity index is 1.98. The fourth-order valence-electron chi connectivity index (χ4n) is 3.19. The molecule has 2 fully saturated rings. The molecule has 2 bridgehead atoms. The van der Waals surface area contributed by atoms with E-state index in [-0.39, 0.29) is 11.8 Å². The first kappa shape index (κ1) is 7.06. The van der Waals surface area contributed by atoms with Crippen LogP contribution in [0.4, 0.5) is 0 Å². The summed E-state index contributed by atoms with van der Waals surface area (Å²) in [7, 11) is 0.